The van der Waals surface area contributed by atoms with E-state index in [1.165, 1.54) is 31.2 Å². The van der Waals surface area contributed by atoms with Crippen molar-refractivity contribution >= 4 is 11.0 Å². The molecule has 2 heterocycles. The van der Waals surface area contributed by atoms with Gasteiger partial charge in [-0.05, 0) is 55.2 Å². The predicted molar refractivity (Wildman–Crippen MR) is 109 cm³/mol. The van der Waals surface area contributed by atoms with E-state index in [9.17, 15) is 0 Å². The smallest absolute Gasteiger partial charge is 0.227 e. The van der Waals surface area contributed by atoms with Crippen LogP contribution in [0.1, 0.15) is 43.2 Å². The molecule has 7 heteroatoms. The molecule has 7 nitrogen and oxygen atoms in total. The molecule has 148 valence electrons. The van der Waals surface area contributed by atoms with Crippen molar-refractivity contribution in [1.29, 1.82) is 0 Å². The lowest BCUT2D eigenvalue weighted by Gasteiger charge is -2.09. The fraction of sp³-hybridized carbons (Fsp3) is 0.364. The zero-order chi connectivity index (χ0) is 19.6. The topological polar surface area (TPSA) is 78.9 Å². The van der Waals surface area contributed by atoms with E-state index in [1.807, 2.05) is 24.3 Å². The lowest BCUT2D eigenvalue weighted by Crippen LogP contribution is -2.06. The third-order valence-corrected chi connectivity index (χ3v) is 5.65. The van der Waals surface area contributed by atoms with Gasteiger partial charge in [0.1, 0.15) is 11.3 Å². The second kappa shape index (κ2) is 7.66. The average Bonchev–Trinajstić information content (AvgIpc) is 3.52. The standard InChI is InChI=1S/C22H23N5O2/c1-28-18-10-6-15(7-11-18)8-13-21-23-22(25-29-21)16-9-12-20-19(14-16)24-26-27(20)17-4-2-3-5-17/h6-7,9-12,14,17H,2-5,8,13H2,1H3. The summed E-state index contributed by atoms with van der Waals surface area (Å²) >= 11 is 0. The number of aromatic nitrogens is 5. The molecule has 0 spiro atoms. The molecule has 0 bridgehead atoms. The van der Waals surface area contributed by atoms with Crippen LogP contribution in [0, 0.1) is 0 Å². The van der Waals surface area contributed by atoms with Crippen molar-refractivity contribution in [3.05, 3.63) is 53.9 Å². The number of aryl methyl sites for hydroxylation is 2. The molecule has 0 atom stereocenters. The van der Waals surface area contributed by atoms with Crippen LogP contribution in [-0.4, -0.2) is 32.2 Å². The van der Waals surface area contributed by atoms with E-state index in [4.69, 9.17) is 9.26 Å². The van der Waals surface area contributed by atoms with Crippen molar-refractivity contribution < 1.29 is 9.26 Å². The maximum absolute atomic E-state index is 5.46. The number of hydrogen-bond donors (Lipinski definition) is 0. The van der Waals surface area contributed by atoms with Gasteiger partial charge in [-0.15, -0.1) is 5.10 Å². The Kier molecular flexibility index (Phi) is 4.71. The van der Waals surface area contributed by atoms with E-state index in [1.54, 1.807) is 7.11 Å². The van der Waals surface area contributed by atoms with Crippen molar-refractivity contribution in [2.45, 2.75) is 44.6 Å². The molecule has 0 N–H and O–H groups in total. The molecule has 5 rings (SSSR count). The molecule has 29 heavy (non-hydrogen) atoms. The van der Waals surface area contributed by atoms with Gasteiger partial charge in [-0.3, -0.25) is 0 Å². The maximum Gasteiger partial charge on any atom is 0.227 e. The van der Waals surface area contributed by atoms with Crippen LogP contribution in [0.5, 0.6) is 5.75 Å². The van der Waals surface area contributed by atoms with Gasteiger partial charge in [-0.1, -0.05) is 35.3 Å². The summed E-state index contributed by atoms with van der Waals surface area (Å²) in [5.74, 6) is 2.08. The van der Waals surface area contributed by atoms with Crippen LogP contribution >= 0.6 is 0 Å². The van der Waals surface area contributed by atoms with Gasteiger partial charge in [-0.25, -0.2) is 4.68 Å². The van der Waals surface area contributed by atoms with Gasteiger partial charge in [0.15, 0.2) is 0 Å². The van der Waals surface area contributed by atoms with E-state index in [-0.39, 0.29) is 0 Å². The maximum atomic E-state index is 5.46. The van der Waals surface area contributed by atoms with Crippen LogP contribution in [-0.2, 0) is 12.8 Å². The summed E-state index contributed by atoms with van der Waals surface area (Å²) in [6.45, 7) is 0. The van der Waals surface area contributed by atoms with Gasteiger partial charge in [0.2, 0.25) is 11.7 Å². The van der Waals surface area contributed by atoms with E-state index in [0.717, 1.165) is 28.8 Å². The zero-order valence-electron chi connectivity index (χ0n) is 16.4. The predicted octanol–water partition coefficient (Wildman–Crippen LogP) is 4.39. The van der Waals surface area contributed by atoms with Crippen LogP contribution in [0.25, 0.3) is 22.4 Å². The van der Waals surface area contributed by atoms with Gasteiger partial charge in [0.25, 0.3) is 0 Å². The zero-order valence-corrected chi connectivity index (χ0v) is 16.4. The second-order valence-corrected chi connectivity index (χ2v) is 7.54. The Labute approximate surface area is 168 Å². The lowest BCUT2D eigenvalue weighted by atomic mass is 10.1. The Hall–Kier alpha value is -3.22. The first-order chi connectivity index (χ1) is 14.3. The summed E-state index contributed by atoms with van der Waals surface area (Å²) in [5.41, 5.74) is 4.05. The SMILES string of the molecule is COc1ccc(CCc2nc(-c3ccc4c(c3)nnn4C3CCCC3)no2)cc1. The van der Waals surface area contributed by atoms with Crippen LogP contribution in [0.3, 0.4) is 0 Å². The minimum atomic E-state index is 0.473. The first kappa shape index (κ1) is 17.8. The molecule has 0 aliphatic heterocycles. The number of ether oxygens (including phenoxy) is 1. The van der Waals surface area contributed by atoms with Gasteiger partial charge < -0.3 is 9.26 Å². The Bertz CT molecular complexity index is 1110. The van der Waals surface area contributed by atoms with Gasteiger partial charge >= 0.3 is 0 Å². The van der Waals surface area contributed by atoms with Gasteiger partial charge in [0, 0.05) is 12.0 Å². The minimum absolute atomic E-state index is 0.473. The fourth-order valence-corrected chi connectivity index (χ4v) is 4.02. The first-order valence-corrected chi connectivity index (χ1v) is 10.1. The molecule has 2 aromatic carbocycles. The molecular weight excluding hydrogens is 366 g/mol. The first-order valence-electron chi connectivity index (χ1n) is 10.1. The number of benzene rings is 2. The van der Waals surface area contributed by atoms with Gasteiger partial charge in [0.05, 0.1) is 18.7 Å². The highest BCUT2D eigenvalue weighted by Crippen LogP contribution is 2.31. The molecule has 1 fully saturated rings. The van der Waals surface area contributed by atoms with Crippen molar-refractivity contribution in [3.63, 3.8) is 0 Å². The van der Waals surface area contributed by atoms with Crippen LogP contribution in [0.15, 0.2) is 47.0 Å². The average molecular weight is 389 g/mol. The molecule has 1 saturated carbocycles. The molecule has 2 aromatic heterocycles. The molecule has 0 unspecified atom stereocenters. The molecule has 4 aromatic rings. The summed E-state index contributed by atoms with van der Waals surface area (Å²) in [4.78, 5) is 4.56. The summed E-state index contributed by atoms with van der Waals surface area (Å²) < 4.78 is 12.7. The van der Waals surface area contributed by atoms with Crippen LogP contribution in [0.2, 0.25) is 0 Å². The molecule has 0 saturated heterocycles. The van der Waals surface area contributed by atoms with E-state index < -0.39 is 0 Å². The van der Waals surface area contributed by atoms with Gasteiger partial charge in [-0.2, -0.15) is 4.98 Å². The third kappa shape index (κ3) is 3.60. The fourth-order valence-electron chi connectivity index (χ4n) is 4.02. The highest BCUT2D eigenvalue weighted by Gasteiger charge is 2.20. The number of methoxy groups -OCH3 is 1. The van der Waals surface area contributed by atoms with Crippen molar-refractivity contribution in [2.24, 2.45) is 0 Å². The Balaban J connectivity index is 1.31. The number of hydrogen-bond acceptors (Lipinski definition) is 6. The summed E-state index contributed by atoms with van der Waals surface area (Å²) in [6.07, 6.45) is 6.43. The summed E-state index contributed by atoms with van der Waals surface area (Å²) in [5, 5.41) is 12.9. The Morgan fingerprint density at radius 3 is 2.69 bits per heavy atom. The van der Waals surface area contributed by atoms with E-state index in [2.05, 4.69) is 43.3 Å². The monoisotopic (exact) mass is 389 g/mol. The normalized spacial score (nSPS) is 14.7. The highest BCUT2D eigenvalue weighted by molar-refractivity contribution is 5.79. The van der Waals surface area contributed by atoms with Crippen molar-refractivity contribution in [3.8, 4) is 17.1 Å². The minimum Gasteiger partial charge on any atom is -0.497 e. The van der Waals surface area contributed by atoms with Crippen LogP contribution in [0.4, 0.5) is 0 Å². The molecular formula is C22H23N5O2. The molecule has 1 aliphatic rings. The summed E-state index contributed by atoms with van der Waals surface area (Å²) in [7, 11) is 1.67. The summed E-state index contributed by atoms with van der Waals surface area (Å²) in [6, 6.07) is 14.6. The lowest BCUT2D eigenvalue weighted by molar-refractivity contribution is 0.379. The second-order valence-electron chi connectivity index (χ2n) is 7.54. The molecule has 1 aliphatic carbocycles. The number of nitrogens with zero attached hydrogens (tertiary/aromatic N) is 5. The van der Waals surface area contributed by atoms with Crippen LogP contribution < -0.4 is 4.74 Å². The third-order valence-electron chi connectivity index (χ3n) is 5.65. The van der Waals surface area contributed by atoms with Crippen molar-refractivity contribution in [2.75, 3.05) is 7.11 Å². The highest BCUT2D eigenvalue weighted by atomic mass is 16.5. The van der Waals surface area contributed by atoms with Crippen molar-refractivity contribution in [1.82, 2.24) is 25.1 Å². The molecule has 0 amide bonds. The Morgan fingerprint density at radius 1 is 1.07 bits per heavy atom. The van der Waals surface area contributed by atoms with E-state index >= 15 is 0 Å². The number of rotatable bonds is 6. The largest absolute Gasteiger partial charge is 0.497 e. The van der Waals surface area contributed by atoms with E-state index in [0.29, 0.717) is 24.2 Å². The Morgan fingerprint density at radius 2 is 1.90 bits per heavy atom. The molecule has 0 radical (unpaired) electrons. The number of fused-ring (bicyclic) bond motifs is 1. The quantitative estimate of drug-likeness (QED) is 0.487.